The number of nitrogen functional groups attached to an aromatic ring is 1. The highest BCUT2D eigenvalue weighted by atomic mass is 35.5. The Balaban J connectivity index is 1.68. The van der Waals surface area contributed by atoms with E-state index in [1.165, 1.54) is 19.2 Å². The molecule has 0 aliphatic carbocycles. The molecule has 6 rings (SSSR count). The number of hydrogen-bond donors (Lipinski definition) is 1. The topological polar surface area (TPSA) is 110 Å². The quantitative estimate of drug-likeness (QED) is 0.222. The number of nitriles is 1. The minimum Gasteiger partial charge on any atom is -0.489 e. The van der Waals surface area contributed by atoms with Crippen molar-refractivity contribution in [2.75, 3.05) is 30.9 Å². The summed E-state index contributed by atoms with van der Waals surface area (Å²) in [7, 11) is 1.37. The number of aromatic nitrogens is 3. The van der Waals surface area contributed by atoms with Crippen LogP contribution in [0.4, 0.5) is 19.6 Å². The van der Waals surface area contributed by atoms with Crippen LogP contribution in [0, 0.1) is 23.0 Å². The van der Waals surface area contributed by atoms with Crippen molar-refractivity contribution in [1.29, 1.82) is 5.26 Å². The van der Waals surface area contributed by atoms with Crippen LogP contribution in [0.1, 0.15) is 24.1 Å². The Hall–Kier alpha value is -3.98. The zero-order chi connectivity index (χ0) is 28.3. The van der Waals surface area contributed by atoms with E-state index < -0.39 is 11.6 Å². The van der Waals surface area contributed by atoms with E-state index in [1.54, 1.807) is 12.3 Å². The van der Waals surface area contributed by atoms with Crippen molar-refractivity contribution in [3.05, 3.63) is 63.4 Å². The van der Waals surface area contributed by atoms with Gasteiger partial charge in [0.25, 0.3) is 0 Å². The summed E-state index contributed by atoms with van der Waals surface area (Å²) in [5.41, 5.74) is 6.74. The number of ether oxygens (including phenoxy) is 2. The molecular formula is C27H18Cl2F2N6O2S. The van der Waals surface area contributed by atoms with Gasteiger partial charge in [-0.1, -0.05) is 35.3 Å². The van der Waals surface area contributed by atoms with Gasteiger partial charge in [-0.3, -0.25) is 0 Å². The molecule has 8 nitrogen and oxygen atoms in total. The number of anilines is 2. The smallest absolute Gasteiger partial charge is 0.318 e. The minimum atomic E-state index is -0.815. The third-order valence-electron chi connectivity index (χ3n) is 6.88. The van der Waals surface area contributed by atoms with Crippen LogP contribution < -0.4 is 20.1 Å². The second kappa shape index (κ2) is 9.89. The maximum Gasteiger partial charge on any atom is 0.318 e. The third-order valence-corrected chi connectivity index (χ3v) is 8.58. The molecule has 1 aliphatic heterocycles. The molecule has 0 radical (unpaired) electrons. The molecule has 13 heteroatoms. The first kappa shape index (κ1) is 26.3. The summed E-state index contributed by atoms with van der Waals surface area (Å²) in [5.74, 6) is -0.925. The fourth-order valence-corrected chi connectivity index (χ4v) is 6.58. The van der Waals surface area contributed by atoms with Gasteiger partial charge in [0.1, 0.15) is 40.0 Å². The first-order chi connectivity index (χ1) is 19.3. The third kappa shape index (κ3) is 3.86. The van der Waals surface area contributed by atoms with Crippen molar-refractivity contribution >= 4 is 66.3 Å². The molecule has 1 atom stereocenters. The first-order valence-electron chi connectivity index (χ1n) is 11.9. The first-order valence-corrected chi connectivity index (χ1v) is 13.5. The van der Waals surface area contributed by atoms with Gasteiger partial charge in [0.15, 0.2) is 11.6 Å². The van der Waals surface area contributed by atoms with Crippen LogP contribution in [0.3, 0.4) is 0 Å². The Kier molecular flexibility index (Phi) is 6.49. The second-order valence-corrected chi connectivity index (χ2v) is 10.7. The van der Waals surface area contributed by atoms with Crippen LogP contribution in [0.15, 0.2) is 30.5 Å². The molecule has 4 heterocycles. The summed E-state index contributed by atoms with van der Waals surface area (Å²) >= 11 is 14.2. The Morgan fingerprint density at radius 1 is 1.23 bits per heavy atom. The van der Waals surface area contributed by atoms with Crippen LogP contribution in [-0.4, -0.2) is 35.2 Å². The van der Waals surface area contributed by atoms with E-state index in [2.05, 4.69) is 15.0 Å². The van der Waals surface area contributed by atoms with Crippen LogP contribution >= 0.6 is 34.5 Å². The van der Waals surface area contributed by atoms with Crippen molar-refractivity contribution < 1.29 is 18.3 Å². The van der Waals surface area contributed by atoms with Crippen LogP contribution in [-0.2, 0) is 0 Å². The number of thiophene rings is 1. The number of hydrogen-bond acceptors (Lipinski definition) is 9. The van der Waals surface area contributed by atoms with E-state index in [0.717, 1.165) is 16.9 Å². The lowest BCUT2D eigenvalue weighted by Crippen LogP contribution is -2.31. The van der Waals surface area contributed by atoms with Crippen molar-refractivity contribution in [3.63, 3.8) is 0 Å². The molecule has 0 fully saturated rings. The second-order valence-electron chi connectivity index (χ2n) is 8.94. The van der Waals surface area contributed by atoms with Gasteiger partial charge in [0.2, 0.25) is 0 Å². The molecule has 0 spiro atoms. The minimum absolute atomic E-state index is 0.0335. The Morgan fingerprint density at radius 2 is 2.02 bits per heavy atom. The molecular weight excluding hydrogens is 581 g/mol. The van der Waals surface area contributed by atoms with Gasteiger partial charge in [-0.05, 0) is 24.6 Å². The molecule has 2 aromatic carbocycles. The average molecular weight is 599 g/mol. The van der Waals surface area contributed by atoms with Crippen molar-refractivity contribution in [1.82, 2.24) is 15.0 Å². The molecule has 0 saturated carbocycles. The highest BCUT2D eigenvalue weighted by Gasteiger charge is 2.33. The molecule has 2 N–H and O–H groups in total. The van der Waals surface area contributed by atoms with Crippen molar-refractivity contribution in [2.45, 2.75) is 13.0 Å². The lowest BCUT2D eigenvalue weighted by molar-refractivity contribution is 0.328. The number of benzene rings is 2. The SMILES string of the molecule is COc1nc2c3c(c(Cl)c(-c4ccc(F)c5sc(N)c(C#N)c45)c(F)c3n1)OCCN2[C@H](C)c1cccnc1Cl. The maximum absolute atomic E-state index is 16.6. The fourth-order valence-electron chi connectivity index (χ4n) is 5.02. The van der Waals surface area contributed by atoms with Gasteiger partial charge in [-0.2, -0.15) is 15.2 Å². The summed E-state index contributed by atoms with van der Waals surface area (Å²) < 4.78 is 43.0. The molecule has 3 aromatic heterocycles. The molecule has 202 valence electrons. The normalized spacial score (nSPS) is 13.7. The summed E-state index contributed by atoms with van der Waals surface area (Å²) in [6.07, 6.45) is 1.59. The molecule has 0 amide bonds. The number of nitrogens with zero attached hydrogens (tertiary/aromatic N) is 5. The predicted octanol–water partition coefficient (Wildman–Crippen LogP) is 6.91. The lowest BCUT2D eigenvalue weighted by Gasteiger charge is -2.30. The molecule has 5 aromatic rings. The number of methoxy groups -OCH3 is 1. The summed E-state index contributed by atoms with van der Waals surface area (Å²) in [5, 5.41) is 10.5. The summed E-state index contributed by atoms with van der Waals surface area (Å²) in [6, 6.07) is 7.74. The van der Waals surface area contributed by atoms with Gasteiger partial charge >= 0.3 is 6.01 Å². The van der Waals surface area contributed by atoms with E-state index in [-0.39, 0.29) is 72.1 Å². The zero-order valence-corrected chi connectivity index (χ0v) is 23.3. The van der Waals surface area contributed by atoms with Crippen LogP contribution in [0.5, 0.6) is 11.8 Å². The average Bonchev–Trinajstić information content (AvgIpc) is 3.17. The Bertz CT molecular complexity index is 1890. The Labute approximate surface area is 240 Å². The van der Waals surface area contributed by atoms with Gasteiger partial charge in [0, 0.05) is 22.7 Å². The molecule has 0 bridgehead atoms. The number of pyridine rings is 1. The number of rotatable bonds is 4. The van der Waals surface area contributed by atoms with E-state index in [0.29, 0.717) is 17.5 Å². The number of nitrogens with two attached hydrogens (primary N) is 1. The number of halogens is 4. The maximum atomic E-state index is 16.6. The van der Waals surface area contributed by atoms with Gasteiger partial charge in [-0.25, -0.2) is 13.8 Å². The van der Waals surface area contributed by atoms with Crippen LogP contribution in [0.2, 0.25) is 10.2 Å². The van der Waals surface area contributed by atoms with Gasteiger partial charge in [-0.15, -0.1) is 11.3 Å². The predicted molar refractivity (Wildman–Crippen MR) is 151 cm³/mol. The molecule has 0 saturated heterocycles. The summed E-state index contributed by atoms with van der Waals surface area (Å²) in [6.45, 7) is 2.42. The fraction of sp³-hybridized carbons (Fsp3) is 0.185. The van der Waals surface area contributed by atoms with Gasteiger partial charge < -0.3 is 20.1 Å². The highest BCUT2D eigenvalue weighted by Crippen LogP contribution is 2.51. The lowest BCUT2D eigenvalue weighted by atomic mass is 9.96. The van der Waals surface area contributed by atoms with Crippen LogP contribution in [0.25, 0.3) is 32.1 Å². The van der Waals surface area contributed by atoms with E-state index >= 15 is 4.39 Å². The monoisotopic (exact) mass is 598 g/mol. The largest absolute Gasteiger partial charge is 0.489 e. The number of fused-ring (bicyclic) bond motifs is 1. The van der Waals surface area contributed by atoms with Crippen molar-refractivity contribution in [2.24, 2.45) is 0 Å². The highest BCUT2D eigenvalue weighted by molar-refractivity contribution is 7.23. The zero-order valence-electron chi connectivity index (χ0n) is 20.9. The molecule has 1 aliphatic rings. The standard InChI is InChI=1S/C27H18Cl2F2N6O2S/c1-11(12-4-3-7-34-24(12)29)37-8-9-39-22-18-21(35-27(38-2)36-26(18)37)20(31)17(19(22)28)13-5-6-15(30)23-16(13)14(10-32)25(33)40-23/h3-7,11H,8-9,33H2,1-2H3/t11-/m1/s1. The van der Waals surface area contributed by atoms with E-state index in [4.69, 9.17) is 38.4 Å². The van der Waals surface area contributed by atoms with E-state index in [1.807, 2.05) is 24.0 Å². The Morgan fingerprint density at radius 3 is 2.75 bits per heavy atom. The van der Waals surface area contributed by atoms with Crippen molar-refractivity contribution in [3.8, 4) is 29.0 Å². The summed E-state index contributed by atoms with van der Waals surface area (Å²) in [4.78, 5) is 15.0. The van der Waals surface area contributed by atoms with Gasteiger partial charge in [0.05, 0.1) is 40.4 Å². The molecule has 0 unspecified atom stereocenters. The molecule has 40 heavy (non-hydrogen) atoms. The van der Waals surface area contributed by atoms with E-state index in [9.17, 15) is 9.65 Å².